The number of aromatic nitrogens is 2. The number of H-pyrrole nitrogens is 1. The van der Waals surface area contributed by atoms with Crippen LogP contribution in [0.3, 0.4) is 0 Å². The van der Waals surface area contributed by atoms with Gasteiger partial charge in [0.15, 0.2) is 0 Å². The largest absolute Gasteiger partial charge is 0.444 e. The molecule has 4 rings (SSSR count). The summed E-state index contributed by atoms with van der Waals surface area (Å²) in [7, 11) is 0. The molecule has 1 aromatic heterocycles. The third-order valence-corrected chi connectivity index (χ3v) is 6.39. The minimum Gasteiger partial charge on any atom is -0.444 e. The van der Waals surface area contributed by atoms with Crippen molar-refractivity contribution in [2.24, 2.45) is 0 Å². The van der Waals surface area contributed by atoms with E-state index in [1.807, 2.05) is 44.3 Å². The molecule has 3 aromatic rings. The number of aryl methyl sites for hydroxylation is 2. The lowest BCUT2D eigenvalue weighted by Gasteiger charge is -2.38. The number of imidazole rings is 1. The Kier molecular flexibility index (Phi) is 8.36. The second-order valence-corrected chi connectivity index (χ2v) is 9.02. The lowest BCUT2D eigenvalue weighted by molar-refractivity contribution is -0.0511. The summed E-state index contributed by atoms with van der Waals surface area (Å²) in [6.45, 7) is 2.79. The fourth-order valence-corrected chi connectivity index (χ4v) is 4.46. The van der Waals surface area contributed by atoms with Crippen LogP contribution < -0.4 is 4.74 Å². The number of alkyl halides is 2. The minimum atomic E-state index is -2.96. The molecular formula is C27H29F2N5O3. The normalized spacial score (nSPS) is 14.9. The van der Waals surface area contributed by atoms with E-state index in [1.165, 1.54) is 6.07 Å². The first-order chi connectivity index (χ1) is 17.8. The number of piperazine rings is 1. The molecule has 0 saturated carbocycles. The quantitative estimate of drug-likeness (QED) is 0.472. The summed E-state index contributed by atoms with van der Waals surface area (Å²) in [5.41, 5.74) is 3.94. The predicted molar refractivity (Wildman–Crippen MR) is 132 cm³/mol. The highest BCUT2D eigenvalue weighted by molar-refractivity contribution is 5.67. The molecule has 194 valence electrons. The number of nitriles is 1. The van der Waals surface area contributed by atoms with Crippen molar-refractivity contribution in [2.75, 3.05) is 26.2 Å². The van der Waals surface area contributed by atoms with Crippen molar-refractivity contribution < 1.29 is 23.0 Å². The van der Waals surface area contributed by atoms with Crippen LogP contribution in [0.15, 0.2) is 48.7 Å². The van der Waals surface area contributed by atoms with Gasteiger partial charge in [-0.2, -0.15) is 14.0 Å². The average Bonchev–Trinajstić information content (AvgIpc) is 3.33. The van der Waals surface area contributed by atoms with Crippen LogP contribution in [0.4, 0.5) is 13.6 Å². The average molecular weight is 510 g/mol. The van der Waals surface area contributed by atoms with E-state index in [4.69, 9.17) is 10.00 Å². The van der Waals surface area contributed by atoms with Crippen LogP contribution in [0.25, 0.3) is 0 Å². The summed E-state index contributed by atoms with van der Waals surface area (Å²) in [6.07, 6.45) is 2.06. The number of hydrogen-bond donors (Lipinski definition) is 1. The summed E-state index contributed by atoms with van der Waals surface area (Å²) >= 11 is 0. The molecule has 1 N–H and O–H groups in total. The number of carbonyl (C=O) groups is 1. The number of amides is 1. The van der Waals surface area contributed by atoms with Crippen molar-refractivity contribution >= 4 is 6.09 Å². The van der Waals surface area contributed by atoms with Gasteiger partial charge in [-0.25, -0.2) is 9.78 Å². The van der Waals surface area contributed by atoms with Gasteiger partial charge in [0.2, 0.25) is 0 Å². The molecule has 0 bridgehead atoms. The van der Waals surface area contributed by atoms with Crippen molar-refractivity contribution in [3.63, 3.8) is 0 Å². The topological polar surface area (TPSA) is 94.5 Å². The van der Waals surface area contributed by atoms with Gasteiger partial charge in [-0.05, 0) is 50.1 Å². The van der Waals surface area contributed by atoms with Gasteiger partial charge < -0.3 is 19.4 Å². The van der Waals surface area contributed by atoms with Crippen molar-refractivity contribution in [1.29, 1.82) is 5.26 Å². The number of ether oxygens (including phenoxy) is 2. The lowest BCUT2D eigenvalue weighted by atomic mass is 10.0. The molecular weight excluding hydrogens is 480 g/mol. The summed E-state index contributed by atoms with van der Waals surface area (Å²) < 4.78 is 35.5. The molecule has 0 spiro atoms. The van der Waals surface area contributed by atoms with E-state index in [2.05, 4.69) is 25.7 Å². The fraction of sp³-hybridized carbons (Fsp3) is 0.370. The highest BCUT2D eigenvalue weighted by atomic mass is 19.3. The fourth-order valence-electron chi connectivity index (χ4n) is 4.46. The molecule has 37 heavy (non-hydrogen) atoms. The van der Waals surface area contributed by atoms with Crippen molar-refractivity contribution in [3.8, 4) is 11.8 Å². The number of rotatable bonds is 8. The van der Waals surface area contributed by atoms with Gasteiger partial charge in [0.25, 0.3) is 0 Å². The van der Waals surface area contributed by atoms with Crippen LogP contribution in [0.5, 0.6) is 5.75 Å². The van der Waals surface area contributed by atoms with Gasteiger partial charge in [-0.3, -0.25) is 4.90 Å². The monoisotopic (exact) mass is 509 g/mol. The number of aromatic amines is 1. The Morgan fingerprint density at radius 3 is 2.49 bits per heavy atom. The predicted octanol–water partition coefficient (Wildman–Crippen LogP) is 4.74. The maximum Gasteiger partial charge on any atom is 0.410 e. The van der Waals surface area contributed by atoms with Crippen LogP contribution in [-0.2, 0) is 17.8 Å². The van der Waals surface area contributed by atoms with E-state index in [-0.39, 0.29) is 18.4 Å². The second-order valence-electron chi connectivity index (χ2n) is 9.02. The molecule has 1 atom stereocenters. The number of halogens is 2. The molecule has 1 aliphatic heterocycles. The Morgan fingerprint density at radius 1 is 1.14 bits per heavy atom. The van der Waals surface area contributed by atoms with Gasteiger partial charge in [-0.1, -0.05) is 23.8 Å². The molecule has 2 aromatic carbocycles. The van der Waals surface area contributed by atoms with Gasteiger partial charge in [-0.15, -0.1) is 0 Å². The number of carbonyl (C=O) groups excluding carboxylic acids is 1. The van der Waals surface area contributed by atoms with Crippen LogP contribution in [-0.4, -0.2) is 58.7 Å². The zero-order chi connectivity index (χ0) is 26.4. The number of benzene rings is 2. The zero-order valence-corrected chi connectivity index (χ0v) is 20.8. The first-order valence-corrected chi connectivity index (χ1v) is 12.0. The van der Waals surface area contributed by atoms with Crippen LogP contribution in [0.2, 0.25) is 0 Å². The maximum atomic E-state index is 12.7. The third-order valence-electron chi connectivity index (χ3n) is 6.39. The van der Waals surface area contributed by atoms with Crippen molar-refractivity contribution in [1.82, 2.24) is 19.8 Å². The zero-order valence-electron chi connectivity index (χ0n) is 20.8. The Bertz CT molecular complexity index is 1250. The van der Waals surface area contributed by atoms with Crippen LogP contribution in [0, 0.1) is 25.2 Å². The molecule has 1 amide bonds. The van der Waals surface area contributed by atoms with E-state index in [0.29, 0.717) is 37.3 Å². The number of hydrogen-bond acceptors (Lipinski definition) is 6. The number of nitrogens with one attached hydrogen (secondary N) is 1. The van der Waals surface area contributed by atoms with Crippen LogP contribution >= 0.6 is 0 Å². The minimum absolute atomic E-state index is 0.00119. The highest BCUT2D eigenvalue weighted by Gasteiger charge is 2.29. The standard InChI is InChI=1S/C27H29F2N5O3/c1-18-3-8-25(37-26(28)29)22(13-18)17-36-27(35)34-11-9-33(10-12-34)24(23-16-31-19(2)32-23)14-20-4-6-21(15-30)7-5-20/h3-8,13,16,24,26H,9-12,14,17H2,1-2H3,(H,31,32). The molecule has 0 radical (unpaired) electrons. The molecule has 1 fully saturated rings. The summed E-state index contributed by atoms with van der Waals surface area (Å²) in [4.78, 5) is 24.4. The van der Waals surface area contributed by atoms with Crippen LogP contribution in [0.1, 0.15) is 39.8 Å². The first kappa shape index (κ1) is 26.1. The molecule has 1 saturated heterocycles. The van der Waals surface area contributed by atoms with Crippen molar-refractivity contribution in [3.05, 3.63) is 82.4 Å². The SMILES string of the molecule is Cc1ccc(OC(F)F)c(COC(=O)N2CCN(C(Cc3ccc(C#N)cc3)c3cnc(C)[nH]3)CC2)c1. The Morgan fingerprint density at radius 2 is 1.86 bits per heavy atom. The second kappa shape index (κ2) is 11.8. The molecule has 1 unspecified atom stereocenters. The molecule has 8 nitrogen and oxygen atoms in total. The molecule has 2 heterocycles. The summed E-state index contributed by atoms with van der Waals surface area (Å²) in [5, 5.41) is 9.08. The molecule has 0 aliphatic carbocycles. The van der Waals surface area contributed by atoms with E-state index in [9.17, 15) is 13.6 Å². The summed E-state index contributed by atoms with van der Waals surface area (Å²) in [5.74, 6) is 0.826. The highest BCUT2D eigenvalue weighted by Crippen LogP contribution is 2.27. The first-order valence-electron chi connectivity index (χ1n) is 12.0. The van der Waals surface area contributed by atoms with E-state index < -0.39 is 12.7 Å². The maximum absolute atomic E-state index is 12.7. The Labute approximate surface area is 214 Å². The molecule has 1 aliphatic rings. The lowest BCUT2D eigenvalue weighted by Crippen LogP contribution is -2.50. The van der Waals surface area contributed by atoms with Gasteiger partial charge in [0, 0.05) is 37.9 Å². The summed E-state index contributed by atoms with van der Waals surface area (Å²) in [6, 6.07) is 14.5. The van der Waals surface area contributed by atoms with Gasteiger partial charge in [0.1, 0.15) is 18.2 Å². The molecule has 10 heteroatoms. The van der Waals surface area contributed by atoms with Gasteiger partial charge >= 0.3 is 12.7 Å². The van der Waals surface area contributed by atoms with E-state index >= 15 is 0 Å². The number of nitrogens with zero attached hydrogens (tertiary/aromatic N) is 4. The Hall–Kier alpha value is -3.97. The smallest absolute Gasteiger partial charge is 0.410 e. The van der Waals surface area contributed by atoms with E-state index in [1.54, 1.807) is 17.0 Å². The van der Waals surface area contributed by atoms with Gasteiger partial charge in [0.05, 0.1) is 23.4 Å². The third kappa shape index (κ3) is 6.83. The van der Waals surface area contributed by atoms with Crippen molar-refractivity contribution in [2.45, 2.75) is 39.5 Å². The van der Waals surface area contributed by atoms with E-state index in [0.717, 1.165) is 29.1 Å². The Balaban J connectivity index is 1.38.